The fraction of sp³-hybridized carbons (Fsp3) is 0. The van der Waals surface area contributed by atoms with Crippen molar-refractivity contribution in [3.63, 3.8) is 0 Å². The summed E-state index contributed by atoms with van der Waals surface area (Å²) in [6.07, 6.45) is 0. The van der Waals surface area contributed by atoms with Gasteiger partial charge in [-0.2, -0.15) is 8.42 Å². The van der Waals surface area contributed by atoms with Gasteiger partial charge in [-0.15, -0.1) is 0 Å². The first-order chi connectivity index (χ1) is 2.00. The minimum Gasteiger partial charge on any atom is -1.00 e. The molecule has 0 bridgehead atoms. The summed E-state index contributed by atoms with van der Waals surface area (Å²) < 4.78 is 31.6. The van der Waals surface area contributed by atoms with Crippen LogP contribution in [0.5, 0.6) is 0 Å². The summed E-state index contributed by atoms with van der Waals surface area (Å²) in [4.78, 5) is 0. The topological polar surface area (TPSA) is 453 Å². The Morgan fingerprint density at radius 2 is 0.526 bits per heavy atom. The van der Waals surface area contributed by atoms with Crippen LogP contribution in [0.2, 0.25) is 0 Å². The molecule has 26 N–H and O–H groups in total. The normalized spacial score (nSPS) is 3.05. The summed E-state index contributed by atoms with van der Waals surface area (Å²) in [5.74, 6) is 0. The molecule has 0 amide bonds. The first-order valence-corrected chi connectivity index (χ1v) is 2.10. The molecule has 0 fully saturated rings. The summed E-state index contributed by atoms with van der Waals surface area (Å²) in [5.41, 5.74) is 0. The third-order valence-corrected chi connectivity index (χ3v) is 0. The molecule has 0 rings (SSSR count). The minimum atomic E-state index is -4.67. The van der Waals surface area contributed by atoms with Gasteiger partial charge in [0.1, 0.15) is 0 Å². The van der Waals surface area contributed by atoms with E-state index in [-0.39, 0.29) is 143 Å². The molecule has 0 atom stereocenters. The second kappa shape index (κ2) is 116. The molecule has 0 saturated heterocycles. The van der Waals surface area contributed by atoms with Crippen molar-refractivity contribution in [3.05, 3.63) is 0 Å². The molecular formula is H30AlO16RbS. The zero-order chi connectivity index (χ0) is 4.50. The molecule has 0 saturated carbocycles. The quantitative estimate of drug-likeness (QED) is 0.278. The fourth-order valence-electron chi connectivity index (χ4n) is 0. The van der Waals surface area contributed by atoms with Gasteiger partial charge in [0.15, 0.2) is 17.4 Å². The fourth-order valence-corrected chi connectivity index (χ4v) is 0. The van der Waals surface area contributed by atoms with Gasteiger partial charge in [-0.05, 0) is 0 Å². The molecule has 19 heteroatoms. The predicted octanol–water partition coefficient (Wildman–Crippen LogP) is -14.6. The van der Waals surface area contributed by atoms with Gasteiger partial charge in [0.25, 0.3) is 0 Å². The molecule has 19 heavy (non-hydrogen) atoms. The van der Waals surface area contributed by atoms with E-state index in [1.54, 1.807) is 0 Å². The Kier molecular flexibility index (Phi) is 1500. The Hall–Kier alpha value is 1.73. The molecule has 0 heterocycles. The molecule has 0 unspecified atom stereocenters. The van der Waals surface area contributed by atoms with Crippen molar-refractivity contribution in [2.45, 2.75) is 0 Å². The predicted molar refractivity (Wildman–Crippen MR) is 68.6 cm³/mol. The monoisotopic (exact) mass is 430 g/mol. The van der Waals surface area contributed by atoms with E-state index < -0.39 is 10.4 Å². The van der Waals surface area contributed by atoms with E-state index in [1.807, 2.05) is 0 Å². The van der Waals surface area contributed by atoms with Crippen LogP contribution in [-0.2, 0) is 10.4 Å². The second-order valence-electron chi connectivity index (χ2n) is 0.448. The van der Waals surface area contributed by atoms with Gasteiger partial charge in [-0.25, -0.2) is 0 Å². The van der Waals surface area contributed by atoms with Crippen LogP contribution >= 0.6 is 0 Å². The standard InChI is InChI=1S/Al.H2O4S.12H2O.Rb.4H/c;1-5(2,3)4;;;;;;;;;;;;;;;;;/h;(H2,1,2,3,4);12*1H2;;;;;/q;;;;;;;;;;;;;;+1;;;;-1. The Morgan fingerprint density at radius 3 is 0.526 bits per heavy atom. The van der Waals surface area contributed by atoms with Crippen LogP contribution in [0.1, 0.15) is 1.43 Å². The molecule has 0 aliphatic carbocycles. The second-order valence-corrected chi connectivity index (χ2v) is 1.34. The summed E-state index contributed by atoms with van der Waals surface area (Å²) in [5, 5.41) is 0. The Labute approximate surface area is 168 Å². The maximum absolute atomic E-state index is 8.74. The van der Waals surface area contributed by atoms with Crippen LogP contribution in [0.3, 0.4) is 0 Å². The van der Waals surface area contributed by atoms with Gasteiger partial charge in [0.2, 0.25) is 0 Å². The first kappa shape index (κ1) is 246. The van der Waals surface area contributed by atoms with Crippen LogP contribution in [0.15, 0.2) is 0 Å². The summed E-state index contributed by atoms with van der Waals surface area (Å²) in [7, 11) is -4.67. The number of hydrogen-bond acceptors (Lipinski definition) is 2. The van der Waals surface area contributed by atoms with E-state index in [1.165, 1.54) is 0 Å². The molecule has 0 aliphatic heterocycles. The van der Waals surface area contributed by atoms with E-state index in [4.69, 9.17) is 17.5 Å². The molecule has 0 aliphatic rings. The molecule has 0 radical (unpaired) electrons. The molecular weight excluding hydrogens is 401 g/mol. The molecule has 0 spiro atoms. The third-order valence-electron chi connectivity index (χ3n) is 0. The minimum absolute atomic E-state index is 0. The van der Waals surface area contributed by atoms with E-state index in [9.17, 15) is 0 Å². The van der Waals surface area contributed by atoms with Gasteiger partial charge in [-0.1, -0.05) is 0 Å². The largest absolute Gasteiger partial charge is 1.00 e. The van der Waals surface area contributed by atoms with Gasteiger partial charge >= 0.3 is 68.6 Å². The number of rotatable bonds is 0. The maximum Gasteiger partial charge on any atom is 1.00 e. The van der Waals surface area contributed by atoms with Gasteiger partial charge in [0.05, 0.1) is 0 Å². The molecule has 0 aromatic carbocycles. The number of hydrogen-bond donors (Lipinski definition) is 2. The van der Waals surface area contributed by atoms with Crippen molar-refractivity contribution < 1.29 is 143 Å². The van der Waals surface area contributed by atoms with Crippen LogP contribution in [0.4, 0.5) is 0 Å². The van der Waals surface area contributed by atoms with E-state index in [0.29, 0.717) is 0 Å². The summed E-state index contributed by atoms with van der Waals surface area (Å²) in [6.45, 7) is 0. The van der Waals surface area contributed by atoms with E-state index in [2.05, 4.69) is 0 Å². The maximum atomic E-state index is 8.74. The molecule has 136 valence electrons. The average Bonchev–Trinajstić information content (AvgIpc) is 0.722. The zero-order valence-corrected chi connectivity index (χ0v) is 14.9. The Morgan fingerprint density at radius 1 is 0.526 bits per heavy atom. The third kappa shape index (κ3) is 2080. The van der Waals surface area contributed by atoms with E-state index in [0.717, 1.165) is 0 Å². The van der Waals surface area contributed by atoms with Crippen LogP contribution < -0.4 is 58.2 Å². The Bertz CT molecular complexity index is 106. The molecule has 0 aromatic heterocycles. The Balaban J connectivity index is -0.000000000762. The van der Waals surface area contributed by atoms with Crippen molar-refractivity contribution in [2.75, 3.05) is 0 Å². The summed E-state index contributed by atoms with van der Waals surface area (Å²) in [6, 6.07) is 0. The first-order valence-electron chi connectivity index (χ1n) is 0.698. The van der Waals surface area contributed by atoms with Gasteiger partial charge < -0.3 is 67.1 Å². The van der Waals surface area contributed by atoms with Crippen LogP contribution in [-0.4, -0.2) is 101 Å². The van der Waals surface area contributed by atoms with Crippen molar-refractivity contribution >= 4 is 27.8 Å². The van der Waals surface area contributed by atoms with Crippen LogP contribution in [0, 0.1) is 0 Å². The van der Waals surface area contributed by atoms with Crippen molar-refractivity contribution in [1.82, 2.24) is 0 Å². The smallest absolute Gasteiger partial charge is 1.00 e. The van der Waals surface area contributed by atoms with Crippen molar-refractivity contribution in [2.24, 2.45) is 0 Å². The van der Waals surface area contributed by atoms with Crippen molar-refractivity contribution in [1.29, 1.82) is 0 Å². The summed E-state index contributed by atoms with van der Waals surface area (Å²) >= 11 is 0. The SMILES string of the molecule is O.O.O.O.O.O.O.O.O.O.O.O.O=S(=O)(O)O.[AlH3].[H-].[Rb+]. The van der Waals surface area contributed by atoms with Crippen LogP contribution in [0.25, 0.3) is 0 Å². The average molecular weight is 431 g/mol. The van der Waals surface area contributed by atoms with Crippen molar-refractivity contribution in [3.8, 4) is 0 Å². The van der Waals surface area contributed by atoms with Gasteiger partial charge in [-0.3, -0.25) is 9.11 Å². The van der Waals surface area contributed by atoms with Gasteiger partial charge in [0, 0.05) is 0 Å². The zero-order valence-electron chi connectivity index (χ0n) is 10.1. The molecule has 0 aromatic rings. The van der Waals surface area contributed by atoms with E-state index >= 15 is 0 Å². The molecule has 16 nitrogen and oxygen atoms in total.